The van der Waals surface area contributed by atoms with Crippen LogP contribution in [0.25, 0.3) is 0 Å². The van der Waals surface area contributed by atoms with Crippen LogP contribution in [-0.2, 0) is 6.42 Å². The van der Waals surface area contributed by atoms with Gasteiger partial charge in [-0.05, 0) is 29.8 Å². The number of hydrogen-bond donors (Lipinski definition) is 0. The third kappa shape index (κ3) is 3.41. The summed E-state index contributed by atoms with van der Waals surface area (Å²) < 4.78 is 18.8. The third-order valence-electron chi connectivity index (χ3n) is 2.72. The predicted molar refractivity (Wildman–Crippen MR) is 76.8 cm³/mol. The molecule has 0 aliphatic heterocycles. The second-order valence-corrected chi connectivity index (χ2v) is 4.89. The van der Waals surface area contributed by atoms with Crippen molar-refractivity contribution in [2.24, 2.45) is 0 Å². The highest BCUT2D eigenvalue weighted by molar-refractivity contribution is 6.42. The van der Waals surface area contributed by atoms with E-state index >= 15 is 0 Å². The Morgan fingerprint density at radius 1 is 1.15 bits per heavy atom. The molecule has 0 aromatic heterocycles. The lowest BCUT2D eigenvalue weighted by Gasteiger charge is -2.08. The van der Waals surface area contributed by atoms with Gasteiger partial charge in [0.1, 0.15) is 23.2 Å². The van der Waals surface area contributed by atoms with Crippen LogP contribution in [0.15, 0.2) is 36.4 Å². The molecule has 0 N–H and O–H groups in total. The van der Waals surface area contributed by atoms with E-state index in [9.17, 15) is 4.39 Å². The van der Waals surface area contributed by atoms with Gasteiger partial charge in [0, 0.05) is 6.42 Å². The van der Waals surface area contributed by atoms with Crippen molar-refractivity contribution in [2.75, 3.05) is 6.61 Å². The number of hydrogen-bond acceptors (Lipinski definition) is 2. The molecule has 0 aliphatic rings. The van der Waals surface area contributed by atoms with Crippen molar-refractivity contribution in [2.45, 2.75) is 6.42 Å². The van der Waals surface area contributed by atoms with Crippen LogP contribution in [0.4, 0.5) is 4.39 Å². The molecule has 102 valence electrons. The lowest BCUT2D eigenvalue weighted by Crippen LogP contribution is -2.03. The van der Waals surface area contributed by atoms with E-state index in [0.717, 1.165) is 5.56 Å². The maximum atomic E-state index is 13.4. The Kier molecular flexibility index (Phi) is 4.84. The van der Waals surface area contributed by atoms with Gasteiger partial charge in [0.15, 0.2) is 0 Å². The summed E-state index contributed by atoms with van der Waals surface area (Å²) in [7, 11) is 0. The summed E-state index contributed by atoms with van der Waals surface area (Å²) in [6.45, 7) is 0.316. The first-order valence-electron chi connectivity index (χ1n) is 5.87. The van der Waals surface area contributed by atoms with Gasteiger partial charge in [-0.1, -0.05) is 35.3 Å². The number of rotatable bonds is 4. The largest absolute Gasteiger partial charge is 0.492 e. The SMILES string of the molecule is N#Cc1c(F)cccc1OCCc1ccc(Cl)c(Cl)c1. The van der Waals surface area contributed by atoms with Crippen molar-refractivity contribution in [3.63, 3.8) is 0 Å². The zero-order valence-corrected chi connectivity index (χ0v) is 11.9. The molecule has 0 saturated heterocycles. The van der Waals surface area contributed by atoms with Crippen LogP contribution >= 0.6 is 23.2 Å². The Morgan fingerprint density at radius 2 is 1.95 bits per heavy atom. The van der Waals surface area contributed by atoms with Crippen molar-refractivity contribution in [3.8, 4) is 11.8 Å². The summed E-state index contributed by atoms with van der Waals surface area (Å²) >= 11 is 11.7. The molecule has 0 fully saturated rings. The molecule has 2 rings (SSSR count). The minimum atomic E-state index is -0.584. The van der Waals surface area contributed by atoms with E-state index in [0.29, 0.717) is 23.1 Å². The van der Waals surface area contributed by atoms with Crippen LogP contribution in [0.5, 0.6) is 5.75 Å². The molecule has 0 amide bonds. The third-order valence-corrected chi connectivity index (χ3v) is 3.46. The molecule has 0 saturated carbocycles. The Labute approximate surface area is 126 Å². The standard InChI is InChI=1S/C15H10Cl2FNO/c16-12-5-4-10(8-13(12)17)6-7-20-15-3-1-2-14(18)11(15)9-19/h1-5,8H,6-7H2. The van der Waals surface area contributed by atoms with E-state index < -0.39 is 5.82 Å². The van der Waals surface area contributed by atoms with Crippen molar-refractivity contribution < 1.29 is 9.13 Å². The van der Waals surface area contributed by atoms with Crippen molar-refractivity contribution in [1.29, 1.82) is 5.26 Å². The van der Waals surface area contributed by atoms with Crippen LogP contribution in [0, 0.1) is 17.1 Å². The minimum Gasteiger partial charge on any atom is -0.492 e. The summed E-state index contributed by atoms with van der Waals surface area (Å²) in [4.78, 5) is 0. The van der Waals surface area contributed by atoms with Crippen LogP contribution < -0.4 is 4.74 Å². The van der Waals surface area contributed by atoms with Crippen LogP contribution in [-0.4, -0.2) is 6.61 Å². The highest BCUT2D eigenvalue weighted by atomic mass is 35.5. The van der Waals surface area contributed by atoms with E-state index in [-0.39, 0.29) is 11.3 Å². The van der Waals surface area contributed by atoms with E-state index in [2.05, 4.69) is 0 Å². The second-order valence-electron chi connectivity index (χ2n) is 4.07. The quantitative estimate of drug-likeness (QED) is 0.825. The first-order chi connectivity index (χ1) is 9.61. The van der Waals surface area contributed by atoms with Gasteiger partial charge in [0.05, 0.1) is 16.7 Å². The molecule has 5 heteroatoms. The molecule has 2 aromatic carbocycles. The molecule has 0 bridgehead atoms. The fraction of sp³-hybridized carbons (Fsp3) is 0.133. The number of nitrogens with zero attached hydrogens (tertiary/aromatic N) is 1. The van der Waals surface area contributed by atoms with Crippen LogP contribution in [0.2, 0.25) is 10.0 Å². The highest BCUT2D eigenvalue weighted by Crippen LogP contribution is 2.23. The molecule has 0 unspecified atom stereocenters. The molecular formula is C15H10Cl2FNO. The normalized spacial score (nSPS) is 10.1. The summed E-state index contributed by atoms with van der Waals surface area (Å²) in [5.41, 5.74) is 0.871. The number of ether oxygens (including phenoxy) is 1. The average molecular weight is 310 g/mol. The summed E-state index contributed by atoms with van der Waals surface area (Å²) in [5.74, 6) is -0.341. The Bertz CT molecular complexity index is 667. The minimum absolute atomic E-state index is 0.0818. The predicted octanol–water partition coefficient (Wildman–Crippen LogP) is 4.63. The van der Waals surface area contributed by atoms with E-state index in [1.165, 1.54) is 12.1 Å². The van der Waals surface area contributed by atoms with Gasteiger partial charge in [-0.15, -0.1) is 0 Å². The van der Waals surface area contributed by atoms with Gasteiger partial charge in [0.25, 0.3) is 0 Å². The fourth-order valence-electron chi connectivity index (χ4n) is 1.71. The zero-order chi connectivity index (χ0) is 14.5. The second kappa shape index (κ2) is 6.60. The van der Waals surface area contributed by atoms with E-state index in [4.69, 9.17) is 33.2 Å². The lowest BCUT2D eigenvalue weighted by molar-refractivity contribution is 0.319. The summed E-state index contributed by atoms with van der Waals surface area (Å²) in [5, 5.41) is 9.85. The molecule has 0 aliphatic carbocycles. The lowest BCUT2D eigenvalue weighted by atomic mass is 10.1. The van der Waals surface area contributed by atoms with E-state index in [1.807, 2.05) is 6.07 Å². The average Bonchev–Trinajstić information content (AvgIpc) is 2.43. The fourth-order valence-corrected chi connectivity index (χ4v) is 2.03. The highest BCUT2D eigenvalue weighted by Gasteiger charge is 2.08. The van der Waals surface area contributed by atoms with Gasteiger partial charge >= 0.3 is 0 Å². The molecule has 0 atom stereocenters. The van der Waals surface area contributed by atoms with Crippen molar-refractivity contribution in [3.05, 3.63) is 63.4 Å². The number of nitriles is 1. The maximum Gasteiger partial charge on any atom is 0.144 e. The Hall–Kier alpha value is -1.76. The zero-order valence-electron chi connectivity index (χ0n) is 10.4. The molecular weight excluding hydrogens is 300 g/mol. The molecule has 0 radical (unpaired) electrons. The summed E-state index contributed by atoms with van der Waals surface area (Å²) in [6.07, 6.45) is 0.582. The smallest absolute Gasteiger partial charge is 0.144 e. The molecule has 20 heavy (non-hydrogen) atoms. The monoisotopic (exact) mass is 309 g/mol. The first kappa shape index (κ1) is 14.6. The van der Waals surface area contributed by atoms with Gasteiger partial charge < -0.3 is 4.74 Å². The van der Waals surface area contributed by atoms with Crippen molar-refractivity contribution >= 4 is 23.2 Å². The number of benzene rings is 2. The first-order valence-corrected chi connectivity index (χ1v) is 6.62. The van der Waals surface area contributed by atoms with E-state index in [1.54, 1.807) is 24.3 Å². The Morgan fingerprint density at radius 3 is 2.65 bits per heavy atom. The molecule has 0 spiro atoms. The maximum absolute atomic E-state index is 13.4. The van der Waals surface area contributed by atoms with Gasteiger partial charge in [-0.2, -0.15) is 5.26 Å². The van der Waals surface area contributed by atoms with Gasteiger partial charge in [0.2, 0.25) is 0 Å². The molecule has 2 aromatic rings. The van der Waals surface area contributed by atoms with Gasteiger partial charge in [-0.3, -0.25) is 0 Å². The van der Waals surface area contributed by atoms with Crippen molar-refractivity contribution in [1.82, 2.24) is 0 Å². The molecule has 0 heterocycles. The summed E-state index contributed by atoms with van der Waals surface area (Å²) in [6, 6.07) is 11.4. The number of halogens is 3. The topological polar surface area (TPSA) is 33.0 Å². The Balaban J connectivity index is 2.01. The van der Waals surface area contributed by atoms with Crippen LogP contribution in [0.3, 0.4) is 0 Å². The van der Waals surface area contributed by atoms with Crippen LogP contribution in [0.1, 0.15) is 11.1 Å². The molecule has 2 nitrogen and oxygen atoms in total. The van der Waals surface area contributed by atoms with Gasteiger partial charge in [-0.25, -0.2) is 4.39 Å².